The number of halogens is 2. The van der Waals surface area contributed by atoms with Gasteiger partial charge in [-0.2, -0.15) is 0 Å². The van der Waals surface area contributed by atoms with E-state index in [1.54, 1.807) is 54.6 Å². The summed E-state index contributed by atoms with van der Waals surface area (Å²) in [4.78, 5) is 28.7. The van der Waals surface area contributed by atoms with Gasteiger partial charge in [0.05, 0.1) is 10.6 Å². The molecule has 40 heavy (non-hydrogen) atoms. The number of anilines is 1. The molecule has 0 saturated heterocycles. The Kier molecular flexibility index (Phi) is 11.4. The maximum absolute atomic E-state index is 14.1. The largest absolute Gasteiger partial charge is 0.354 e. The Balaban J connectivity index is 2.05. The summed E-state index contributed by atoms with van der Waals surface area (Å²) in [5.41, 5.74) is 1.78. The molecule has 1 atom stereocenters. The van der Waals surface area contributed by atoms with Crippen molar-refractivity contribution in [3.05, 3.63) is 94.0 Å². The van der Waals surface area contributed by atoms with Crippen LogP contribution >= 0.6 is 23.2 Å². The van der Waals surface area contributed by atoms with Crippen LogP contribution in [-0.4, -0.2) is 44.3 Å². The normalized spacial score (nSPS) is 12.0. The van der Waals surface area contributed by atoms with Crippen LogP contribution in [0.3, 0.4) is 0 Å². The van der Waals surface area contributed by atoms with Crippen molar-refractivity contribution < 1.29 is 18.0 Å². The molecule has 7 nitrogen and oxygen atoms in total. The molecule has 0 radical (unpaired) electrons. The number of nitrogens with zero attached hydrogens (tertiary/aromatic N) is 2. The first-order valence-electron chi connectivity index (χ1n) is 13.2. The lowest BCUT2D eigenvalue weighted by Crippen LogP contribution is -2.52. The molecule has 0 bridgehead atoms. The van der Waals surface area contributed by atoms with Crippen LogP contribution in [0.25, 0.3) is 0 Å². The number of amides is 2. The van der Waals surface area contributed by atoms with Crippen molar-refractivity contribution in [3.8, 4) is 0 Å². The smallest absolute Gasteiger partial charge is 0.264 e. The van der Waals surface area contributed by atoms with Crippen molar-refractivity contribution >= 4 is 50.7 Å². The molecule has 3 aromatic carbocycles. The fourth-order valence-electron chi connectivity index (χ4n) is 4.23. The van der Waals surface area contributed by atoms with E-state index in [-0.39, 0.29) is 23.0 Å². The van der Waals surface area contributed by atoms with E-state index in [1.165, 1.54) is 23.1 Å². The highest BCUT2D eigenvalue weighted by Gasteiger charge is 2.34. The summed E-state index contributed by atoms with van der Waals surface area (Å²) in [6.45, 7) is 5.67. The fraction of sp³-hybridized carbons (Fsp3) is 0.333. The number of nitrogens with one attached hydrogen (secondary N) is 1. The third-order valence-corrected chi connectivity index (χ3v) is 8.89. The third-order valence-electron chi connectivity index (χ3n) is 6.50. The van der Waals surface area contributed by atoms with E-state index in [9.17, 15) is 18.0 Å². The van der Waals surface area contributed by atoms with Crippen LogP contribution in [0.2, 0.25) is 10.0 Å². The van der Waals surface area contributed by atoms with Gasteiger partial charge in [-0.25, -0.2) is 8.42 Å². The Hall–Kier alpha value is -3.07. The van der Waals surface area contributed by atoms with Gasteiger partial charge in [0, 0.05) is 23.1 Å². The molecule has 214 valence electrons. The van der Waals surface area contributed by atoms with Crippen LogP contribution in [0.5, 0.6) is 0 Å². The quantitative estimate of drug-likeness (QED) is 0.235. The first kappa shape index (κ1) is 31.5. The topological polar surface area (TPSA) is 86.8 Å². The van der Waals surface area contributed by atoms with Gasteiger partial charge >= 0.3 is 0 Å². The number of carbonyl (C=O) groups is 2. The molecule has 0 aliphatic rings. The van der Waals surface area contributed by atoms with Crippen molar-refractivity contribution in [1.29, 1.82) is 0 Å². The zero-order valence-corrected chi connectivity index (χ0v) is 25.3. The van der Waals surface area contributed by atoms with E-state index < -0.39 is 28.5 Å². The lowest BCUT2D eigenvalue weighted by atomic mass is 10.1. The van der Waals surface area contributed by atoms with Gasteiger partial charge in [-0.1, -0.05) is 85.4 Å². The zero-order valence-electron chi connectivity index (χ0n) is 22.9. The van der Waals surface area contributed by atoms with Crippen molar-refractivity contribution in [2.45, 2.75) is 57.5 Å². The van der Waals surface area contributed by atoms with Gasteiger partial charge in [0.25, 0.3) is 10.0 Å². The molecule has 1 N–H and O–H groups in total. The molecular weight excluding hydrogens is 569 g/mol. The highest BCUT2D eigenvalue weighted by atomic mass is 35.5. The maximum Gasteiger partial charge on any atom is 0.264 e. The van der Waals surface area contributed by atoms with Crippen LogP contribution < -0.4 is 9.62 Å². The number of rotatable bonds is 13. The van der Waals surface area contributed by atoms with Gasteiger partial charge < -0.3 is 10.2 Å². The van der Waals surface area contributed by atoms with Crippen molar-refractivity contribution in [2.75, 3.05) is 17.4 Å². The molecule has 3 rings (SSSR count). The Morgan fingerprint density at radius 2 is 1.65 bits per heavy atom. The van der Waals surface area contributed by atoms with Crippen LogP contribution in [0.15, 0.2) is 77.7 Å². The highest BCUT2D eigenvalue weighted by Crippen LogP contribution is 2.27. The Morgan fingerprint density at radius 1 is 0.950 bits per heavy atom. The lowest BCUT2D eigenvalue weighted by Gasteiger charge is -2.33. The highest BCUT2D eigenvalue weighted by molar-refractivity contribution is 7.92. The number of hydrogen-bond donors (Lipinski definition) is 1. The van der Waals surface area contributed by atoms with Crippen molar-refractivity contribution in [2.24, 2.45) is 0 Å². The number of unbranched alkanes of at least 4 members (excludes halogenated alkanes) is 1. The molecule has 0 unspecified atom stereocenters. The van der Waals surface area contributed by atoms with Crippen LogP contribution in [0.1, 0.15) is 44.2 Å². The van der Waals surface area contributed by atoms with Gasteiger partial charge in [-0.15, -0.1) is 0 Å². The first-order chi connectivity index (χ1) is 19.1. The molecule has 0 saturated carbocycles. The molecule has 0 fully saturated rings. The van der Waals surface area contributed by atoms with E-state index in [1.807, 2.05) is 20.8 Å². The lowest BCUT2D eigenvalue weighted by molar-refractivity contribution is -0.140. The minimum absolute atomic E-state index is 0.0339. The SMILES string of the molecule is CCCCNC(=O)[C@@H](CC)N(Cc1ccccc1Cl)C(=O)CN(c1cccc(Cl)c1)S(=O)(=O)c1ccc(C)cc1. The summed E-state index contributed by atoms with van der Waals surface area (Å²) in [5, 5.41) is 3.68. The summed E-state index contributed by atoms with van der Waals surface area (Å²) < 4.78 is 28.8. The summed E-state index contributed by atoms with van der Waals surface area (Å²) >= 11 is 12.6. The van der Waals surface area contributed by atoms with E-state index in [4.69, 9.17) is 23.2 Å². The summed E-state index contributed by atoms with van der Waals surface area (Å²) in [7, 11) is -4.17. The van der Waals surface area contributed by atoms with Gasteiger partial charge in [-0.05, 0) is 61.7 Å². The Morgan fingerprint density at radius 3 is 2.27 bits per heavy atom. The van der Waals surface area contributed by atoms with Gasteiger partial charge in [0.2, 0.25) is 11.8 Å². The van der Waals surface area contributed by atoms with E-state index in [0.717, 1.165) is 22.7 Å². The summed E-state index contributed by atoms with van der Waals surface area (Å²) in [6, 6.07) is 19.0. The second kappa shape index (κ2) is 14.5. The van der Waals surface area contributed by atoms with Crippen LogP contribution in [-0.2, 0) is 26.2 Å². The molecular formula is C30H35Cl2N3O4S. The molecule has 3 aromatic rings. The number of aryl methyl sites for hydroxylation is 1. The summed E-state index contributed by atoms with van der Waals surface area (Å²) in [6.07, 6.45) is 2.04. The van der Waals surface area contributed by atoms with Gasteiger partial charge in [-0.3, -0.25) is 13.9 Å². The monoisotopic (exact) mass is 603 g/mol. The minimum Gasteiger partial charge on any atom is -0.354 e. The van der Waals surface area contributed by atoms with Gasteiger partial charge in [0.15, 0.2) is 0 Å². The standard InChI is InChI=1S/C30H35Cl2N3O4S/c1-4-6-18-33-30(37)28(5-2)34(20-23-10-7-8-13-27(23)32)29(36)21-35(25-12-9-11-24(31)19-25)40(38,39)26-16-14-22(3)15-17-26/h7-17,19,28H,4-6,18,20-21H2,1-3H3,(H,33,37)/t28-/m1/s1. The molecule has 0 spiro atoms. The van der Waals surface area contributed by atoms with E-state index >= 15 is 0 Å². The van der Waals surface area contributed by atoms with Crippen molar-refractivity contribution in [1.82, 2.24) is 10.2 Å². The Bertz CT molecular complexity index is 1410. The second-order valence-electron chi connectivity index (χ2n) is 9.49. The average molecular weight is 605 g/mol. The molecule has 10 heteroatoms. The first-order valence-corrected chi connectivity index (χ1v) is 15.4. The summed E-state index contributed by atoms with van der Waals surface area (Å²) in [5.74, 6) is -0.847. The number of carbonyl (C=O) groups excluding carboxylic acids is 2. The molecule has 0 aliphatic carbocycles. The molecule has 2 amide bonds. The zero-order chi connectivity index (χ0) is 29.3. The fourth-order valence-corrected chi connectivity index (χ4v) is 6.02. The van der Waals surface area contributed by atoms with Crippen LogP contribution in [0.4, 0.5) is 5.69 Å². The van der Waals surface area contributed by atoms with E-state index in [2.05, 4.69) is 5.32 Å². The Labute approximate surface area is 247 Å². The van der Waals surface area contributed by atoms with Gasteiger partial charge in [0.1, 0.15) is 12.6 Å². The second-order valence-corrected chi connectivity index (χ2v) is 12.2. The number of hydrogen-bond acceptors (Lipinski definition) is 4. The predicted octanol–water partition coefficient (Wildman–Crippen LogP) is 6.22. The number of benzene rings is 3. The third kappa shape index (κ3) is 7.99. The molecule has 0 aliphatic heterocycles. The molecule has 0 heterocycles. The molecule has 0 aromatic heterocycles. The predicted molar refractivity (Wildman–Crippen MR) is 161 cm³/mol. The van der Waals surface area contributed by atoms with Crippen molar-refractivity contribution in [3.63, 3.8) is 0 Å². The number of sulfonamides is 1. The minimum atomic E-state index is -4.17. The maximum atomic E-state index is 14.1. The van der Waals surface area contributed by atoms with E-state index in [0.29, 0.717) is 28.6 Å². The van der Waals surface area contributed by atoms with Crippen LogP contribution in [0, 0.1) is 6.92 Å². The average Bonchev–Trinajstić information content (AvgIpc) is 2.92.